The number of hydrogen-bond acceptors (Lipinski definition) is 5. The Balaban J connectivity index is 1.42. The molecule has 3 aliphatic heterocycles. The summed E-state index contributed by atoms with van der Waals surface area (Å²) in [4.78, 5) is 0. The number of hydrogen-bond donors (Lipinski definition) is 1. The lowest BCUT2D eigenvalue weighted by Crippen LogP contribution is -2.54. The molecule has 0 aromatic heterocycles. The smallest absolute Gasteiger partial charge is 0.198 e. The maximum absolute atomic E-state index is 10.7. The molecule has 0 radical (unpaired) electrons. The minimum absolute atomic E-state index is 0.311. The highest BCUT2D eigenvalue weighted by atomic mass is 35.5. The number of fused-ring (bicyclic) bond motifs is 1. The second-order valence-corrected chi connectivity index (χ2v) is 8.49. The molecule has 29 heavy (non-hydrogen) atoms. The summed E-state index contributed by atoms with van der Waals surface area (Å²) in [6.07, 6.45) is 0.856. The van der Waals surface area contributed by atoms with Crippen molar-refractivity contribution in [2.24, 2.45) is 0 Å². The van der Waals surface area contributed by atoms with Gasteiger partial charge in [0.05, 0.1) is 25.9 Å². The molecule has 0 saturated carbocycles. The molecule has 2 bridgehead atoms. The van der Waals surface area contributed by atoms with Crippen LogP contribution in [0.5, 0.6) is 5.75 Å². The van der Waals surface area contributed by atoms with Crippen LogP contribution in [0.1, 0.15) is 36.5 Å². The van der Waals surface area contributed by atoms with E-state index in [0.717, 1.165) is 28.9 Å². The number of aliphatic hydroxyl groups is 1. The quantitative estimate of drug-likeness (QED) is 0.803. The van der Waals surface area contributed by atoms with E-state index in [0.29, 0.717) is 37.7 Å². The molecule has 2 aromatic carbocycles. The predicted molar refractivity (Wildman–Crippen MR) is 108 cm³/mol. The summed E-state index contributed by atoms with van der Waals surface area (Å²) in [5, 5.41) is 11.4. The lowest BCUT2D eigenvalue weighted by Gasteiger charge is -2.41. The zero-order valence-corrected chi connectivity index (χ0v) is 17.2. The number of rotatable bonds is 5. The monoisotopic (exact) mass is 416 g/mol. The van der Waals surface area contributed by atoms with E-state index in [-0.39, 0.29) is 6.10 Å². The maximum Gasteiger partial charge on any atom is 0.198 e. The van der Waals surface area contributed by atoms with E-state index in [9.17, 15) is 5.11 Å². The Bertz CT molecular complexity index is 901. The van der Waals surface area contributed by atoms with Crippen molar-refractivity contribution in [3.63, 3.8) is 0 Å². The first-order chi connectivity index (χ1) is 14.0. The first kappa shape index (κ1) is 19.3. The van der Waals surface area contributed by atoms with Crippen LogP contribution in [0.25, 0.3) is 0 Å². The van der Waals surface area contributed by atoms with Crippen molar-refractivity contribution in [1.82, 2.24) is 0 Å². The number of aliphatic hydroxyl groups excluding tert-OH is 1. The molecule has 3 aliphatic rings. The van der Waals surface area contributed by atoms with Gasteiger partial charge in [-0.25, -0.2) is 0 Å². The first-order valence-electron chi connectivity index (χ1n) is 10.2. The van der Waals surface area contributed by atoms with Gasteiger partial charge in [-0.05, 0) is 48.7 Å². The van der Waals surface area contributed by atoms with Crippen LogP contribution in [0.4, 0.5) is 0 Å². The zero-order chi connectivity index (χ0) is 20.1. The van der Waals surface area contributed by atoms with E-state index in [1.165, 1.54) is 0 Å². The van der Waals surface area contributed by atoms with Gasteiger partial charge in [0.15, 0.2) is 5.79 Å². The lowest BCUT2D eigenvalue weighted by atomic mass is 9.85. The molecule has 3 heterocycles. The Morgan fingerprint density at radius 3 is 2.83 bits per heavy atom. The fourth-order valence-electron chi connectivity index (χ4n) is 4.78. The molecule has 1 unspecified atom stereocenters. The number of benzene rings is 2. The Morgan fingerprint density at radius 2 is 2.03 bits per heavy atom. The second-order valence-electron chi connectivity index (χ2n) is 8.08. The Labute approximate surface area is 175 Å². The van der Waals surface area contributed by atoms with E-state index < -0.39 is 17.5 Å². The molecule has 3 saturated heterocycles. The average molecular weight is 417 g/mol. The Morgan fingerprint density at radius 1 is 1.21 bits per heavy atom. The summed E-state index contributed by atoms with van der Waals surface area (Å²) in [5.74, 6) is -0.0838. The van der Waals surface area contributed by atoms with Gasteiger partial charge < -0.3 is 24.1 Å². The van der Waals surface area contributed by atoms with E-state index >= 15 is 0 Å². The van der Waals surface area contributed by atoms with Gasteiger partial charge in [0, 0.05) is 23.4 Å². The Hall–Kier alpha value is -1.63. The Kier molecular flexibility index (Phi) is 4.84. The molecule has 154 valence electrons. The molecule has 3 fully saturated rings. The average Bonchev–Trinajstić information content (AvgIpc) is 3.28. The highest BCUT2D eigenvalue weighted by molar-refractivity contribution is 6.31. The molecule has 2 aromatic rings. The first-order valence-corrected chi connectivity index (χ1v) is 10.6. The summed E-state index contributed by atoms with van der Waals surface area (Å²) in [5.41, 5.74) is 2.48. The van der Waals surface area contributed by atoms with E-state index in [1.54, 1.807) is 0 Å². The van der Waals surface area contributed by atoms with Crippen molar-refractivity contribution in [2.75, 3.05) is 19.8 Å². The third-order valence-electron chi connectivity index (χ3n) is 6.20. The number of ether oxygens (including phenoxy) is 4. The van der Waals surface area contributed by atoms with Gasteiger partial charge in [-0.3, -0.25) is 0 Å². The standard InChI is InChI=1S/C23H25ClO5/c1-2-26-18-6-3-15(4-7-18)11-16-12-17(5-8-19(16)24)23-13-20(25)21-22(29-23,14-28-23)9-10-27-21/h3-8,12,20-21,25H,2,9-11,13-14H2,1H3/t20?,21-,22-,23+/m0/s1. The summed E-state index contributed by atoms with van der Waals surface area (Å²) >= 11 is 6.51. The van der Waals surface area contributed by atoms with Crippen molar-refractivity contribution < 1.29 is 24.1 Å². The molecule has 1 spiro atoms. The number of halogens is 1. The lowest BCUT2D eigenvalue weighted by molar-refractivity contribution is -0.263. The van der Waals surface area contributed by atoms with Crippen LogP contribution < -0.4 is 4.74 Å². The van der Waals surface area contributed by atoms with Crippen molar-refractivity contribution in [1.29, 1.82) is 0 Å². The van der Waals surface area contributed by atoms with Crippen molar-refractivity contribution in [3.8, 4) is 5.75 Å². The van der Waals surface area contributed by atoms with Crippen LogP contribution in [-0.4, -0.2) is 42.7 Å². The van der Waals surface area contributed by atoms with Gasteiger partial charge in [-0.1, -0.05) is 29.8 Å². The fourth-order valence-corrected chi connectivity index (χ4v) is 4.97. The minimum atomic E-state index is -0.943. The predicted octanol–water partition coefficient (Wildman–Crippen LogP) is 3.82. The SMILES string of the molecule is CCOc1ccc(Cc2cc([C@]34CC(O)[C@@H]5OCC[C@@]5(CO3)O4)ccc2Cl)cc1. The van der Waals surface area contributed by atoms with Gasteiger partial charge in [-0.15, -0.1) is 0 Å². The van der Waals surface area contributed by atoms with Crippen LogP contribution in [0.2, 0.25) is 5.02 Å². The van der Waals surface area contributed by atoms with Gasteiger partial charge in [0.2, 0.25) is 0 Å². The molecule has 5 rings (SSSR count). The van der Waals surface area contributed by atoms with Crippen LogP contribution in [0, 0.1) is 0 Å². The molecule has 5 nitrogen and oxygen atoms in total. The van der Waals surface area contributed by atoms with Crippen LogP contribution in [-0.2, 0) is 26.4 Å². The van der Waals surface area contributed by atoms with E-state index in [1.807, 2.05) is 37.3 Å². The zero-order valence-electron chi connectivity index (χ0n) is 16.4. The fraction of sp³-hybridized carbons (Fsp3) is 0.478. The third kappa shape index (κ3) is 3.25. The molecular weight excluding hydrogens is 392 g/mol. The molecule has 6 heteroatoms. The molecule has 4 atom stereocenters. The molecule has 1 N–H and O–H groups in total. The van der Waals surface area contributed by atoms with Crippen molar-refractivity contribution in [3.05, 3.63) is 64.2 Å². The van der Waals surface area contributed by atoms with Gasteiger partial charge in [0.25, 0.3) is 0 Å². The van der Waals surface area contributed by atoms with Gasteiger partial charge >= 0.3 is 0 Å². The summed E-state index contributed by atoms with van der Waals surface area (Å²) in [7, 11) is 0. The molecule has 0 aliphatic carbocycles. The van der Waals surface area contributed by atoms with Crippen LogP contribution in [0.3, 0.4) is 0 Å². The largest absolute Gasteiger partial charge is 0.494 e. The summed E-state index contributed by atoms with van der Waals surface area (Å²) in [6, 6.07) is 13.9. The van der Waals surface area contributed by atoms with Gasteiger partial charge in [-0.2, -0.15) is 0 Å². The summed E-state index contributed by atoms with van der Waals surface area (Å²) in [6.45, 7) is 3.64. The van der Waals surface area contributed by atoms with Gasteiger partial charge in [0.1, 0.15) is 17.5 Å². The van der Waals surface area contributed by atoms with Crippen LogP contribution in [0.15, 0.2) is 42.5 Å². The highest BCUT2D eigenvalue weighted by Gasteiger charge is 2.64. The second kappa shape index (κ2) is 7.25. The van der Waals surface area contributed by atoms with Crippen molar-refractivity contribution >= 4 is 11.6 Å². The topological polar surface area (TPSA) is 57.2 Å². The highest BCUT2D eigenvalue weighted by Crippen LogP contribution is 2.53. The summed E-state index contributed by atoms with van der Waals surface area (Å²) < 4.78 is 23.9. The maximum atomic E-state index is 10.7. The van der Waals surface area contributed by atoms with Crippen molar-refractivity contribution in [2.45, 2.75) is 49.8 Å². The van der Waals surface area contributed by atoms with E-state index in [4.69, 9.17) is 30.5 Å². The molecule has 0 amide bonds. The van der Waals surface area contributed by atoms with E-state index in [2.05, 4.69) is 12.1 Å². The van der Waals surface area contributed by atoms with Crippen LogP contribution >= 0.6 is 11.6 Å². The third-order valence-corrected chi connectivity index (χ3v) is 6.57. The normalized spacial score (nSPS) is 32.9. The molecular formula is C23H25ClO5. The minimum Gasteiger partial charge on any atom is -0.494 e.